The van der Waals surface area contributed by atoms with Gasteiger partial charge >= 0.3 is 1.43 Å². The molecule has 0 spiro atoms. The monoisotopic (exact) mass is 267 g/mol. The van der Waals surface area contributed by atoms with Gasteiger partial charge < -0.3 is 0 Å². The first-order valence-corrected chi connectivity index (χ1v) is 10.2. The third-order valence-electron chi connectivity index (χ3n) is 0. The molecule has 0 aliphatic carbocycles. The van der Waals surface area contributed by atoms with E-state index in [9.17, 15) is 0 Å². The highest BCUT2D eigenvalue weighted by atomic mass is 80.0. The predicted molar refractivity (Wildman–Crippen MR) is 35.0 cm³/mol. The quantitative estimate of drug-likeness (QED) is 0.466. The van der Waals surface area contributed by atoms with E-state index in [1.54, 1.807) is 0 Å². The second-order valence-electron chi connectivity index (χ2n) is 0.247. The van der Waals surface area contributed by atoms with Gasteiger partial charge in [0.15, 0.2) is 0 Å². The van der Waals surface area contributed by atoms with E-state index in [1.807, 2.05) is 0 Å². The molecule has 0 aliphatic heterocycles. The molecule has 0 unspecified atom stereocenters. The lowest BCUT2D eigenvalue weighted by atomic mass is 28.0. The molecule has 0 atom stereocenters. The van der Waals surface area contributed by atoms with E-state index < -0.39 is 4.65 Å². The molecule has 4 heteroatoms. The molecule has 0 aromatic heterocycles. The lowest BCUT2D eigenvalue weighted by molar-refractivity contribution is 4.99. The number of rotatable bonds is 0. The Morgan fingerprint density at radius 1 is 1.25 bits per heavy atom. The van der Waals surface area contributed by atoms with Crippen LogP contribution in [0.1, 0.15) is 1.43 Å². The molecule has 0 aliphatic rings. The van der Waals surface area contributed by atoms with Gasteiger partial charge in [0, 0.05) is 0 Å². The highest BCUT2D eigenvalue weighted by Crippen LogP contribution is 2.07. The molecule has 0 nitrogen and oxygen atoms in total. The molecule has 0 aromatic carbocycles. The largest absolute Gasteiger partial charge is 1.00 e. The minimum absolute atomic E-state index is 0. The molecule has 0 N–H and O–H groups in total. The standard InChI is InChI=1S/Br3HSi/c1-4(2)3/h4H/p+1. The first-order chi connectivity index (χ1) is 1.73. The van der Waals surface area contributed by atoms with Crippen molar-refractivity contribution >= 4 is 50.5 Å². The summed E-state index contributed by atoms with van der Waals surface area (Å²) >= 11 is 9.73. The van der Waals surface area contributed by atoms with Gasteiger partial charge in [0.2, 0.25) is 0 Å². The SMILES string of the molecule is Br[SiH](Br)Br.[H+]. The second kappa shape index (κ2) is 2.87. The van der Waals surface area contributed by atoms with E-state index in [1.165, 1.54) is 0 Å². The van der Waals surface area contributed by atoms with E-state index in [-0.39, 0.29) is 1.43 Å². The van der Waals surface area contributed by atoms with Gasteiger partial charge in [-0.25, -0.2) is 0 Å². The molecule has 26 valence electrons. The molecule has 0 heterocycles. The van der Waals surface area contributed by atoms with Crippen LogP contribution in [0.3, 0.4) is 0 Å². The van der Waals surface area contributed by atoms with Crippen LogP contribution < -0.4 is 0 Å². The Labute approximate surface area is 51.8 Å². The smallest absolute Gasteiger partial charge is 0.101 e. The zero-order valence-electron chi connectivity index (χ0n) is 2.71. The van der Waals surface area contributed by atoms with Gasteiger partial charge in [0.05, 0.1) is 0 Å². The molecule has 0 fully saturated rings. The average molecular weight is 270 g/mol. The summed E-state index contributed by atoms with van der Waals surface area (Å²) in [5.74, 6) is 0. The number of hydrogen-bond acceptors (Lipinski definition) is 0. The molecule has 4 heavy (non-hydrogen) atoms. The fraction of sp³-hybridized carbons (Fsp3) is 0. The molecule has 0 amide bonds. The second-order valence-corrected chi connectivity index (χ2v) is 20.0. The molecule has 0 saturated heterocycles. The zero-order valence-corrected chi connectivity index (χ0v) is 7.62. The van der Waals surface area contributed by atoms with Crippen LogP contribution in [0.25, 0.3) is 0 Å². The highest BCUT2D eigenvalue weighted by molar-refractivity contribution is 9.69. The molecule has 0 bridgehead atoms. The highest BCUT2D eigenvalue weighted by Gasteiger charge is 1.82. The van der Waals surface area contributed by atoms with Gasteiger partial charge in [-0.05, 0) is 0 Å². The van der Waals surface area contributed by atoms with E-state index >= 15 is 0 Å². The Bertz CT molecular complexity index is 11.6. The van der Waals surface area contributed by atoms with E-state index in [4.69, 9.17) is 0 Å². The van der Waals surface area contributed by atoms with Crippen molar-refractivity contribution < 1.29 is 1.43 Å². The summed E-state index contributed by atoms with van der Waals surface area (Å²) in [6.45, 7) is 0. The topological polar surface area (TPSA) is 0 Å². The van der Waals surface area contributed by atoms with E-state index in [0.29, 0.717) is 0 Å². The Kier molecular flexibility index (Phi) is 4.06. The molecule has 0 radical (unpaired) electrons. The van der Waals surface area contributed by atoms with Crippen molar-refractivity contribution in [3.05, 3.63) is 0 Å². The fourth-order valence-electron chi connectivity index (χ4n) is 0. The maximum Gasteiger partial charge on any atom is 1.00 e. The molecular weight excluding hydrogens is 268 g/mol. The van der Waals surface area contributed by atoms with Gasteiger partial charge in [-0.15, -0.1) is 45.9 Å². The van der Waals surface area contributed by atoms with Crippen LogP contribution in [0.2, 0.25) is 0 Å². The Hall–Kier alpha value is 1.66. The minimum Gasteiger partial charge on any atom is -0.101 e. The number of halogens is 3. The van der Waals surface area contributed by atoms with Crippen molar-refractivity contribution in [3.63, 3.8) is 0 Å². The molecule has 0 saturated carbocycles. The van der Waals surface area contributed by atoms with Gasteiger partial charge in [-0.2, -0.15) is 0 Å². The van der Waals surface area contributed by atoms with E-state index in [0.717, 1.165) is 0 Å². The summed E-state index contributed by atoms with van der Waals surface area (Å²) in [4.78, 5) is 0. The van der Waals surface area contributed by atoms with Crippen LogP contribution in [0, 0.1) is 0 Å². The average Bonchev–Trinajstić information content (AvgIpc) is 0.811. The molecular formula is H2Br3Si+. The Balaban J connectivity index is 0. The van der Waals surface area contributed by atoms with Crippen molar-refractivity contribution in [1.29, 1.82) is 0 Å². The lowest BCUT2D eigenvalue weighted by Crippen LogP contribution is -1.60. The summed E-state index contributed by atoms with van der Waals surface area (Å²) in [5.41, 5.74) is 0. The third-order valence-corrected chi connectivity index (χ3v) is 0. The predicted octanol–water partition coefficient (Wildman–Crippen LogP) is 2.00. The van der Waals surface area contributed by atoms with Crippen molar-refractivity contribution in [2.24, 2.45) is 0 Å². The van der Waals surface area contributed by atoms with E-state index in [2.05, 4.69) is 45.9 Å². The van der Waals surface area contributed by atoms with Crippen molar-refractivity contribution in [3.8, 4) is 0 Å². The lowest BCUT2D eigenvalue weighted by Gasteiger charge is -1.66. The third kappa shape index (κ3) is 9.40. The summed E-state index contributed by atoms with van der Waals surface area (Å²) in [5, 5.41) is 0. The van der Waals surface area contributed by atoms with Gasteiger partial charge in [-0.1, -0.05) is 0 Å². The van der Waals surface area contributed by atoms with Crippen molar-refractivity contribution in [1.82, 2.24) is 0 Å². The van der Waals surface area contributed by atoms with Crippen LogP contribution in [0.15, 0.2) is 0 Å². The van der Waals surface area contributed by atoms with Crippen LogP contribution in [0.4, 0.5) is 0 Å². The summed E-state index contributed by atoms with van der Waals surface area (Å²) in [7, 11) is 0. The fourth-order valence-corrected chi connectivity index (χ4v) is 0. The van der Waals surface area contributed by atoms with Gasteiger partial charge in [-0.3, -0.25) is 0 Å². The maximum absolute atomic E-state index is 3.24. The maximum atomic E-state index is 3.24. The van der Waals surface area contributed by atoms with Crippen molar-refractivity contribution in [2.75, 3.05) is 0 Å². The van der Waals surface area contributed by atoms with Gasteiger partial charge in [0.1, 0.15) is 0 Å². The van der Waals surface area contributed by atoms with Crippen LogP contribution in [-0.2, 0) is 0 Å². The Morgan fingerprint density at radius 3 is 1.25 bits per heavy atom. The van der Waals surface area contributed by atoms with Gasteiger partial charge in [0.25, 0.3) is 4.65 Å². The molecule has 0 aromatic rings. The Morgan fingerprint density at radius 2 is 1.25 bits per heavy atom. The van der Waals surface area contributed by atoms with Crippen LogP contribution >= 0.6 is 45.9 Å². The summed E-state index contributed by atoms with van der Waals surface area (Å²) < 4.78 is -0.701. The van der Waals surface area contributed by atoms with Crippen LogP contribution in [0.5, 0.6) is 0 Å². The zero-order chi connectivity index (χ0) is 3.58. The minimum atomic E-state index is -0.701. The first-order valence-electron chi connectivity index (χ1n) is 0.655. The van der Waals surface area contributed by atoms with Crippen molar-refractivity contribution in [2.45, 2.75) is 0 Å². The van der Waals surface area contributed by atoms with Crippen LogP contribution in [-0.4, -0.2) is 4.65 Å². The first kappa shape index (κ1) is 5.66. The summed E-state index contributed by atoms with van der Waals surface area (Å²) in [6, 6.07) is 0. The normalized spacial score (nSPS) is 9.00. The number of hydrogen-bond donors (Lipinski definition) is 0. The summed E-state index contributed by atoms with van der Waals surface area (Å²) in [6.07, 6.45) is 0. The molecule has 0 rings (SSSR count).